The van der Waals surface area contributed by atoms with Crippen molar-refractivity contribution in [3.63, 3.8) is 0 Å². The molecule has 0 amide bonds. The predicted molar refractivity (Wildman–Crippen MR) is 76.9 cm³/mol. The van der Waals surface area contributed by atoms with Gasteiger partial charge in [0.15, 0.2) is 0 Å². The second-order valence-electron chi connectivity index (χ2n) is 4.25. The van der Waals surface area contributed by atoms with Gasteiger partial charge in [-0.1, -0.05) is 12.1 Å². The molecule has 0 fully saturated rings. The number of aromatic carboxylic acids is 1. The summed E-state index contributed by atoms with van der Waals surface area (Å²) in [5.74, 6) is -1.33. The van der Waals surface area contributed by atoms with Crippen LogP contribution in [-0.2, 0) is 10.0 Å². The van der Waals surface area contributed by atoms with Gasteiger partial charge in [-0.25, -0.2) is 13.2 Å². The summed E-state index contributed by atoms with van der Waals surface area (Å²) in [6.07, 6.45) is 0. The van der Waals surface area contributed by atoms with Crippen molar-refractivity contribution >= 4 is 16.0 Å². The number of hydrogen-bond donors (Lipinski definition) is 4. The van der Waals surface area contributed by atoms with E-state index in [-0.39, 0.29) is 10.5 Å². The van der Waals surface area contributed by atoms with Crippen molar-refractivity contribution in [2.24, 2.45) is 0 Å². The molecular formula is C13H12N2O6S. The van der Waals surface area contributed by atoms with Crippen LogP contribution in [0, 0.1) is 0 Å². The summed E-state index contributed by atoms with van der Waals surface area (Å²) < 4.78 is 25.3. The van der Waals surface area contributed by atoms with E-state index in [1.807, 2.05) is 4.72 Å². The fraction of sp³-hybridized carbons (Fsp3) is 0.0769. The summed E-state index contributed by atoms with van der Waals surface area (Å²) in [6, 6.07) is 8.11. The van der Waals surface area contributed by atoms with Gasteiger partial charge in [-0.05, 0) is 29.8 Å². The van der Waals surface area contributed by atoms with E-state index in [0.717, 1.165) is 0 Å². The minimum atomic E-state index is -3.79. The van der Waals surface area contributed by atoms with E-state index < -0.39 is 28.3 Å². The second-order valence-corrected chi connectivity index (χ2v) is 6.02. The molecule has 2 rings (SSSR count). The molecule has 0 saturated carbocycles. The van der Waals surface area contributed by atoms with Gasteiger partial charge in [-0.2, -0.15) is 4.72 Å². The quantitative estimate of drug-likeness (QED) is 0.570. The average molecular weight is 324 g/mol. The zero-order valence-corrected chi connectivity index (χ0v) is 11.9. The summed E-state index contributed by atoms with van der Waals surface area (Å²) in [5.41, 5.74) is -0.259. The Bertz CT molecular complexity index is 855. The van der Waals surface area contributed by atoms with Crippen LogP contribution in [0.15, 0.2) is 46.1 Å². The Kier molecular flexibility index (Phi) is 4.40. The van der Waals surface area contributed by atoms with Gasteiger partial charge in [0.05, 0.1) is 4.90 Å². The Morgan fingerprint density at radius 2 is 1.77 bits per heavy atom. The van der Waals surface area contributed by atoms with Crippen molar-refractivity contribution in [1.82, 2.24) is 9.71 Å². The number of sulfonamides is 1. The fourth-order valence-electron chi connectivity index (χ4n) is 1.79. The zero-order valence-electron chi connectivity index (χ0n) is 11.1. The summed E-state index contributed by atoms with van der Waals surface area (Å²) >= 11 is 0. The van der Waals surface area contributed by atoms with E-state index in [2.05, 4.69) is 4.98 Å². The molecule has 9 heteroatoms. The molecule has 0 aliphatic heterocycles. The molecule has 2 aromatic rings. The topological polar surface area (TPSA) is 137 Å². The van der Waals surface area contributed by atoms with Gasteiger partial charge in [-0.15, -0.1) is 0 Å². The van der Waals surface area contributed by atoms with Crippen LogP contribution in [0.3, 0.4) is 0 Å². The van der Waals surface area contributed by atoms with Crippen molar-refractivity contribution in [3.8, 4) is 11.3 Å². The maximum absolute atomic E-state index is 11.7. The van der Waals surface area contributed by atoms with E-state index in [0.29, 0.717) is 11.3 Å². The average Bonchev–Trinajstić information content (AvgIpc) is 2.47. The lowest BCUT2D eigenvalue weighted by atomic mass is 10.1. The number of aromatic amines is 1. The highest BCUT2D eigenvalue weighted by molar-refractivity contribution is 7.89. The van der Waals surface area contributed by atoms with Crippen LogP contribution < -0.4 is 10.3 Å². The monoisotopic (exact) mass is 324 g/mol. The standard InChI is InChI=1S/C13H12N2O6S/c16-7-14-22(20,21)9-3-1-8(2-4-9)11-6-5-10(13(18)19)12(17)15-11/h1-6,14,16H,7H2,(H,15,17)(H,18,19). The molecule has 0 aliphatic carbocycles. The van der Waals surface area contributed by atoms with E-state index in [9.17, 15) is 18.0 Å². The SMILES string of the molecule is O=C(O)c1ccc(-c2ccc(S(=O)(=O)NCO)cc2)[nH]c1=O. The summed E-state index contributed by atoms with van der Waals surface area (Å²) in [7, 11) is -3.79. The molecule has 0 saturated heterocycles. The number of carboxylic acids is 1. The number of hydrogen-bond acceptors (Lipinski definition) is 5. The maximum Gasteiger partial charge on any atom is 0.341 e. The van der Waals surface area contributed by atoms with Gasteiger partial charge in [-0.3, -0.25) is 4.79 Å². The van der Waals surface area contributed by atoms with Crippen LogP contribution in [0.25, 0.3) is 11.3 Å². The molecule has 4 N–H and O–H groups in total. The molecule has 0 aliphatic rings. The number of aliphatic hydroxyl groups is 1. The third kappa shape index (κ3) is 3.22. The minimum Gasteiger partial charge on any atom is -0.477 e. The van der Waals surface area contributed by atoms with Crippen molar-refractivity contribution in [3.05, 3.63) is 52.3 Å². The maximum atomic E-state index is 11.7. The van der Waals surface area contributed by atoms with Crippen molar-refractivity contribution in [2.45, 2.75) is 4.90 Å². The van der Waals surface area contributed by atoms with E-state index >= 15 is 0 Å². The van der Waals surface area contributed by atoms with Gasteiger partial charge in [0.2, 0.25) is 10.0 Å². The smallest absolute Gasteiger partial charge is 0.341 e. The number of pyridine rings is 1. The highest BCUT2D eigenvalue weighted by atomic mass is 32.2. The van der Waals surface area contributed by atoms with Crippen LogP contribution in [0.4, 0.5) is 0 Å². The molecular weight excluding hydrogens is 312 g/mol. The first-order valence-electron chi connectivity index (χ1n) is 6.03. The molecule has 1 aromatic carbocycles. The van der Waals surface area contributed by atoms with E-state index in [4.69, 9.17) is 10.2 Å². The molecule has 0 unspecified atom stereocenters. The molecule has 1 aromatic heterocycles. The first-order valence-corrected chi connectivity index (χ1v) is 7.51. The third-order valence-electron chi connectivity index (χ3n) is 2.87. The summed E-state index contributed by atoms with van der Waals surface area (Å²) in [5, 5.41) is 17.4. The molecule has 8 nitrogen and oxygen atoms in total. The Labute approximate surface area is 125 Å². The largest absolute Gasteiger partial charge is 0.477 e. The van der Waals surface area contributed by atoms with E-state index in [1.165, 1.54) is 36.4 Å². The van der Waals surface area contributed by atoms with Crippen molar-refractivity contribution in [1.29, 1.82) is 0 Å². The molecule has 22 heavy (non-hydrogen) atoms. The third-order valence-corrected chi connectivity index (χ3v) is 4.27. The normalized spacial score (nSPS) is 11.3. The summed E-state index contributed by atoms with van der Waals surface area (Å²) in [4.78, 5) is 24.7. The Hall–Kier alpha value is -2.49. The number of nitrogens with one attached hydrogen (secondary N) is 2. The Morgan fingerprint density at radius 1 is 1.14 bits per heavy atom. The molecule has 1 heterocycles. The first kappa shape index (κ1) is 15.9. The second kappa shape index (κ2) is 6.10. The first-order chi connectivity index (χ1) is 10.3. The van der Waals surface area contributed by atoms with Gasteiger partial charge in [0, 0.05) is 5.69 Å². The van der Waals surface area contributed by atoms with Gasteiger partial charge in [0.25, 0.3) is 5.56 Å². The summed E-state index contributed by atoms with van der Waals surface area (Å²) in [6.45, 7) is -0.714. The number of rotatable bonds is 5. The number of aromatic nitrogens is 1. The van der Waals surface area contributed by atoms with Gasteiger partial charge in [0.1, 0.15) is 12.3 Å². The minimum absolute atomic E-state index is 0.0465. The lowest BCUT2D eigenvalue weighted by molar-refractivity contribution is 0.0695. The van der Waals surface area contributed by atoms with Gasteiger partial charge >= 0.3 is 5.97 Å². The number of H-pyrrole nitrogens is 1. The molecule has 0 spiro atoms. The number of aliphatic hydroxyl groups excluding tert-OH is 1. The van der Waals surface area contributed by atoms with Crippen molar-refractivity contribution < 1.29 is 23.4 Å². The Morgan fingerprint density at radius 3 is 2.27 bits per heavy atom. The lowest BCUT2D eigenvalue weighted by Crippen LogP contribution is -2.24. The Balaban J connectivity index is 2.38. The molecule has 116 valence electrons. The highest BCUT2D eigenvalue weighted by Gasteiger charge is 2.13. The predicted octanol–water partition coefficient (Wildman–Crippen LogP) is -0.0318. The fourth-order valence-corrected chi connectivity index (χ4v) is 2.62. The van der Waals surface area contributed by atoms with Crippen molar-refractivity contribution in [2.75, 3.05) is 6.73 Å². The van der Waals surface area contributed by atoms with Crippen LogP contribution >= 0.6 is 0 Å². The number of carboxylic acid groups (broad SMARTS) is 1. The number of benzene rings is 1. The highest BCUT2D eigenvalue weighted by Crippen LogP contribution is 2.18. The zero-order chi connectivity index (χ0) is 16.3. The van der Waals surface area contributed by atoms with Crippen LogP contribution in [0.1, 0.15) is 10.4 Å². The van der Waals surface area contributed by atoms with Crippen LogP contribution in [0.2, 0.25) is 0 Å². The number of carbonyl (C=O) groups is 1. The van der Waals surface area contributed by atoms with Crippen LogP contribution in [0.5, 0.6) is 0 Å². The molecule has 0 bridgehead atoms. The van der Waals surface area contributed by atoms with Gasteiger partial charge < -0.3 is 15.2 Å². The molecule has 0 atom stereocenters. The van der Waals surface area contributed by atoms with E-state index in [1.54, 1.807) is 0 Å². The lowest BCUT2D eigenvalue weighted by Gasteiger charge is -2.06. The van der Waals surface area contributed by atoms with Crippen LogP contribution in [-0.4, -0.2) is 36.3 Å². The molecule has 0 radical (unpaired) electrons.